The van der Waals surface area contributed by atoms with Crippen LogP contribution in [0.15, 0.2) is 28.7 Å². The summed E-state index contributed by atoms with van der Waals surface area (Å²) in [6, 6.07) is 7.52. The van der Waals surface area contributed by atoms with Crippen molar-refractivity contribution >= 4 is 27.7 Å². The van der Waals surface area contributed by atoms with E-state index in [1.54, 1.807) is 4.90 Å². The fourth-order valence-corrected chi connectivity index (χ4v) is 3.04. The zero-order valence-electron chi connectivity index (χ0n) is 12.4. The average Bonchev–Trinajstić information content (AvgIpc) is 2.93. The van der Waals surface area contributed by atoms with Crippen LogP contribution in [0, 0.1) is 5.92 Å². The van der Waals surface area contributed by atoms with Crippen LogP contribution in [-0.4, -0.2) is 29.3 Å². The van der Waals surface area contributed by atoms with Gasteiger partial charge in [0.1, 0.15) is 6.04 Å². The minimum Gasteiger partial charge on any atom is -0.350 e. The lowest BCUT2D eigenvalue weighted by atomic mass is 10.1. The van der Waals surface area contributed by atoms with Gasteiger partial charge < -0.3 is 10.2 Å². The third-order valence-electron chi connectivity index (χ3n) is 3.69. The van der Waals surface area contributed by atoms with Crippen molar-refractivity contribution in [2.24, 2.45) is 5.92 Å². The van der Waals surface area contributed by atoms with Gasteiger partial charge in [-0.25, -0.2) is 0 Å². The molecule has 0 radical (unpaired) electrons. The van der Waals surface area contributed by atoms with Crippen LogP contribution in [0.5, 0.6) is 0 Å². The number of halogens is 1. The molecule has 1 saturated heterocycles. The van der Waals surface area contributed by atoms with Crippen LogP contribution in [0.1, 0.15) is 32.3 Å². The Labute approximate surface area is 134 Å². The maximum Gasteiger partial charge on any atom is 0.243 e. The topological polar surface area (TPSA) is 49.4 Å². The molecule has 1 aromatic carbocycles. The van der Waals surface area contributed by atoms with E-state index in [1.807, 2.05) is 38.1 Å². The first-order valence-electron chi connectivity index (χ1n) is 7.31. The molecule has 4 nitrogen and oxygen atoms in total. The second kappa shape index (κ2) is 7.07. The molecule has 0 unspecified atom stereocenters. The van der Waals surface area contributed by atoms with Gasteiger partial charge in [0.25, 0.3) is 0 Å². The van der Waals surface area contributed by atoms with Crippen LogP contribution in [0.4, 0.5) is 0 Å². The van der Waals surface area contributed by atoms with Gasteiger partial charge in [0.2, 0.25) is 11.8 Å². The summed E-state index contributed by atoms with van der Waals surface area (Å²) in [7, 11) is 0. The molecule has 5 heteroatoms. The molecule has 2 amide bonds. The van der Waals surface area contributed by atoms with Gasteiger partial charge in [0.05, 0.1) is 0 Å². The minimum absolute atomic E-state index is 0.0542. The number of carbonyl (C=O) groups is 2. The van der Waals surface area contributed by atoms with E-state index < -0.39 is 0 Å². The van der Waals surface area contributed by atoms with Crippen molar-refractivity contribution in [1.82, 2.24) is 10.2 Å². The average molecular weight is 353 g/mol. The summed E-state index contributed by atoms with van der Waals surface area (Å²) in [5.41, 5.74) is 1.04. The summed E-state index contributed by atoms with van der Waals surface area (Å²) in [6.07, 6.45) is 1.65. The van der Waals surface area contributed by atoms with Crippen molar-refractivity contribution in [2.75, 3.05) is 6.54 Å². The molecule has 21 heavy (non-hydrogen) atoms. The largest absolute Gasteiger partial charge is 0.350 e. The monoisotopic (exact) mass is 352 g/mol. The third-order valence-corrected chi connectivity index (χ3v) is 4.18. The van der Waals surface area contributed by atoms with E-state index in [4.69, 9.17) is 0 Å². The number of nitrogens with one attached hydrogen (secondary N) is 1. The lowest BCUT2D eigenvalue weighted by molar-refractivity contribution is -0.140. The van der Waals surface area contributed by atoms with Gasteiger partial charge in [-0.15, -0.1) is 0 Å². The van der Waals surface area contributed by atoms with Crippen molar-refractivity contribution in [3.05, 3.63) is 34.3 Å². The summed E-state index contributed by atoms with van der Waals surface area (Å²) in [6.45, 7) is 4.92. The molecular weight excluding hydrogens is 332 g/mol. The number of nitrogens with zero attached hydrogens (tertiary/aromatic N) is 1. The number of carbonyl (C=O) groups excluding carboxylic acids is 2. The SMILES string of the molecule is CC(C)C(=O)N1CCC[C@H]1C(=O)NCc1cccc(Br)c1. The summed E-state index contributed by atoms with van der Waals surface area (Å²) in [5, 5.41) is 2.94. The van der Waals surface area contributed by atoms with E-state index in [0.29, 0.717) is 13.1 Å². The van der Waals surface area contributed by atoms with Crippen LogP contribution in [-0.2, 0) is 16.1 Å². The van der Waals surface area contributed by atoms with E-state index in [1.165, 1.54) is 0 Å². The standard InChI is InChI=1S/C16H21BrN2O2/c1-11(2)16(21)19-8-4-7-14(19)15(20)18-10-12-5-3-6-13(17)9-12/h3,5-6,9,11,14H,4,7-8,10H2,1-2H3,(H,18,20)/t14-/m0/s1. The first-order valence-corrected chi connectivity index (χ1v) is 8.11. The summed E-state index contributed by atoms with van der Waals surface area (Å²) in [4.78, 5) is 26.2. The Morgan fingerprint density at radius 3 is 2.86 bits per heavy atom. The highest BCUT2D eigenvalue weighted by molar-refractivity contribution is 9.10. The number of benzene rings is 1. The van der Waals surface area contributed by atoms with Gasteiger partial charge in [-0.05, 0) is 30.5 Å². The number of hydrogen-bond acceptors (Lipinski definition) is 2. The Bertz CT molecular complexity index is 531. The Kier molecular flexibility index (Phi) is 5.39. The van der Waals surface area contributed by atoms with Gasteiger partial charge in [0.15, 0.2) is 0 Å². The first-order chi connectivity index (χ1) is 9.99. The molecule has 0 aliphatic carbocycles. The fourth-order valence-electron chi connectivity index (χ4n) is 2.59. The molecule has 1 aliphatic heterocycles. The predicted octanol–water partition coefficient (Wildman–Crippen LogP) is 2.71. The molecule has 1 aromatic rings. The van der Waals surface area contributed by atoms with Crippen molar-refractivity contribution in [1.29, 1.82) is 0 Å². The van der Waals surface area contributed by atoms with E-state index in [2.05, 4.69) is 21.2 Å². The predicted molar refractivity (Wildman–Crippen MR) is 85.6 cm³/mol. The Balaban J connectivity index is 1.95. The lowest BCUT2D eigenvalue weighted by Gasteiger charge is -2.25. The quantitative estimate of drug-likeness (QED) is 0.905. The Morgan fingerprint density at radius 1 is 1.43 bits per heavy atom. The molecule has 0 aromatic heterocycles. The molecule has 2 rings (SSSR count). The molecule has 1 aliphatic rings. The van der Waals surface area contributed by atoms with E-state index in [0.717, 1.165) is 22.9 Å². The highest BCUT2D eigenvalue weighted by atomic mass is 79.9. The molecule has 0 spiro atoms. The van der Waals surface area contributed by atoms with Crippen molar-refractivity contribution in [3.63, 3.8) is 0 Å². The summed E-state index contributed by atoms with van der Waals surface area (Å²) in [5.74, 6) is -0.0555. The summed E-state index contributed by atoms with van der Waals surface area (Å²) < 4.78 is 0.992. The second-order valence-electron chi connectivity index (χ2n) is 5.69. The normalized spacial score (nSPS) is 18.1. The number of amides is 2. The highest BCUT2D eigenvalue weighted by Crippen LogP contribution is 2.20. The zero-order chi connectivity index (χ0) is 15.4. The van der Waals surface area contributed by atoms with Crippen LogP contribution in [0.3, 0.4) is 0 Å². The second-order valence-corrected chi connectivity index (χ2v) is 6.61. The fraction of sp³-hybridized carbons (Fsp3) is 0.500. The number of hydrogen-bond donors (Lipinski definition) is 1. The molecule has 1 heterocycles. The van der Waals surface area contributed by atoms with Crippen LogP contribution < -0.4 is 5.32 Å². The molecular formula is C16H21BrN2O2. The van der Waals surface area contributed by atoms with Crippen molar-refractivity contribution in [2.45, 2.75) is 39.3 Å². The summed E-state index contributed by atoms with van der Waals surface area (Å²) >= 11 is 3.41. The Morgan fingerprint density at radius 2 is 2.19 bits per heavy atom. The highest BCUT2D eigenvalue weighted by Gasteiger charge is 2.34. The molecule has 1 atom stereocenters. The third kappa shape index (κ3) is 4.06. The number of likely N-dealkylation sites (tertiary alicyclic amines) is 1. The van der Waals surface area contributed by atoms with E-state index in [-0.39, 0.29) is 23.8 Å². The molecule has 0 bridgehead atoms. The first kappa shape index (κ1) is 16.0. The zero-order valence-corrected chi connectivity index (χ0v) is 14.0. The molecule has 114 valence electrons. The minimum atomic E-state index is -0.313. The lowest BCUT2D eigenvalue weighted by Crippen LogP contribution is -2.47. The van der Waals surface area contributed by atoms with E-state index in [9.17, 15) is 9.59 Å². The van der Waals surface area contributed by atoms with Crippen LogP contribution >= 0.6 is 15.9 Å². The van der Waals surface area contributed by atoms with Crippen molar-refractivity contribution < 1.29 is 9.59 Å². The van der Waals surface area contributed by atoms with Gasteiger partial charge in [-0.1, -0.05) is 41.9 Å². The maximum absolute atomic E-state index is 12.3. The van der Waals surface area contributed by atoms with Crippen molar-refractivity contribution in [3.8, 4) is 0 Å². The smallest absolute Gasteiger partial charge is 0.243 e. The van der Waals surface area contributed by atoms with Gasteiger partial charge in [-0.3, -0.25) is 9.59 Å². The van der Waals surface area contributed by atoms with Crippen LogP contribution in [0.25, 0.3) is 0 Å². The van der Waals surface area contributed by atoms with Gasteiger partial charge >= 0.3 is 0 Å². The molecule has 1 fully saturated rings. The molecule has 0 saturated carbocycles. The number of rotatable bonds is 4. The van der Waals surface area contributed by atoms with Crippen LogP contribution in [0.2, 0.25) is 0 Å². The van der Waals surface area contributed by atoms with Gasteiger partial charge in [-0.2, -0.15) is 0 Å². The maximum atomic E-state index is 12.3. The van der Waals surface area contributed by atoms with Gasteiger partial charge in [0, 0.05) is 23.5 Å². The Hall–Kier alpha value is -1.36. The van der Waals surface area contributed by atoms with E-state index >= 15 is 0 Å². The molecule has 1 N–H and O–H groups in total.